The van der Waals surface area contributed by atoms with E-state index >= 15 is 0 Å². The number of nitrogens with one attached hydrogen (secondary N) is 1. The number of thiophene rings is 1. The van der Waals surface area contributed by atoms with Gasteiger partial charge in [0.05, 0.1) is 0 Å². The smallest absolute Gasteiger partial charge is 0.0417 e. The van der Waals surface area contributed by atoms with E-state index in [9.17, 15) is 0 Å². The maximum absolute atomic E-state index is 3.62. The number of hydrogen-bond acceptors (Lipinski definition) is 3. The van der Waals surface area contributed by atoms with Crippen LogP contribution < -0.4 is 5.32 Å². The van der Waals surface area contributed by atoms with Gasteiger partial charge in [-0.3, -0.25) is 4.90 Å². The summed E-state index contributed by atoms with van der Waals surface area (Å²) in [5, 5.41) is 3.62. The molecule has 2 nitrogen and oxygen atoms in total. The zero-order valence-corrected chi connectivity index (χ0v) is 12.2. The number of piperazine rings is 1. The number of rotatable bonds is 3. The van der Waals surface area contributed by atoms with Crippen LogP contribution >= 0.6 is 11.3 Å². The SMILES string of the molecule is CCC1CN(C(C)c2ccc(C)s2)C(C)CN1. The maximum Gasteiger partial charge on any atom is 0.0417 e. The molecule has 0 amide bonds. The number of nitrogens with zero attached hydrogens (tertiary/aromatic N) is 1. The highest BCUT2D eigenvalue weighted by molar-refractivity contribution is 7.12. The van der Waals surface area contributed by atoms with Gasteiger partial charge in [0.25, 0.3) is 0 Å². The summed E-state index contributed by atoms with van der Waals surface area (Å²) in [7, 11) is 0. The van der Waals surface area contributed by atoms with E-state index < -0.39 is 0 Å². The van der Waals surface area contributed by atoms with Gasteiger partial charge in [-0.25, -0.2) is 0 Å². The first-order valence-corrected chi connectivity index (χ1v) is 7.49. The van der Waals surface area contributed by atoms with Gasteiger partial charge >= 0.3 is 0 Å². The van der Waals surface area contributed by atoms with E-state index in [4.69, 9.17) is 0 Å². The van der Waals surface area contributed by atoms with Crippen molar-refractivity contribution in [3.63, 3.8) is 0 Å². The van der Waals surface area contributed by atoms with E-state index in [1.54, 1.807) is 0 Å². The summed E-state index contributed by atoms with van der Waals surface area (Å²) in [6, 6.07) is 6.38. The van der Waals surface area contributed by atoms with Gasteiger partial charge in [0.2, 0.25) is 0 Å². The monoisotopic (exact) mass is 252 g/mol. The van der Waals surface area contributed by atoms with Crippen LogP contribution in [-0.4, -0.2) is 30.1 Å². The predicted molar refractivity (Wildman–Crippen MR) is 75.7 cm³/mol. The molecule has 17 heavy (non-hydrogen) atoms. The molecule has 0 aromatic carbocycles. The standard InChI is InChI=1S/C14H24N2S/c1-5-13-9-16(10(2)8-15-13)12(4)14-7-6-11(3)17-14/h6-7,10,12-13,15H,5,8-9H2,1-4H3. The average Bonchev–Trinajstić information content (AvgIpc) is 2.76. The van der Waals surface area contributed by atoms with Gasteiger partial charge in [0.15, 0.2) is 0 Å². The molecule has 0 saturated carbocycles. The molecule has 1 aromatic heterocycles. The second kappa shape index (κ2) is 5.51. The lowest BCUT2D eigenvalue weighted by Gasteiger charge is -2.41. The normalized spacial score (nSPS) is 28.2. The number of hydrogen-bond donors (Lipinski definition) is 1. The van der Waals surface area contributed by atoms with E-state index in [0.717, 1.165) is 6.54 Å². The van der Waals surface area contributed by atoms with Crippen molar-refractivity contribution in [2.45, 2.75) is 52.2 Å². The summed E-state index contributed by atoms with van der Waals surface area (Å²) in [5.74, 6) is 0. The fraction of sp³-hybridized carbons (Fsp3) is 0.714. The first-order chi connectivity index (χ1) is 8.11. The minimum absolute atomic E-state index is 0.555. The second-order valence-corrected chi connectivity index (χ2v) is 6.50. The molecule has 1 saturated heterocycles. The third kappa shape index (κ3) is 2.90. The summed E-state index contributed by atoms with van der Waals surface area (Å²) in [6.07, 6.45) is 1.22. The molecule has 1 aliphatic rings. The molecular formula is C14H24N2S. The van der Waals surface area contributed by atoms with E-state index in [1.807, 2.05) is 11.3 Å². The van der Waals surface area contributed by atoms with Crippen LogP contribution in [0.15, 0.2) is 12.1 Å². The van der Waals surface area contributed by atoms with Gasteiger partial charge in [-0.05, 0) is 39.3 Å². The molecule has 2 rings (SSSR count). The van der Waals surface area contributed by atoms with E-state index in [-0.39, 0.29) is 0 Å². The Morgan fingerprint density at radius 2 is 2.29 bits per heavy atom. The molecule has 0 spiro atoms. The van der Waals surface area contributed by atoms with E-state index in [2.05, 4.69) is 50.0 Å². The molecule has 0 aliphatic carbocycles. The molecule has 0 bridgehead atoms. The van der Waals surface area contributed by atoms with Gasteiger partial charge in [-0.1, -0.05) is 6.92 Å². The highest BCUT2D eigenvalue weighted by Gasteiger charge is 2.28. The highest BCUT2D eigenvalue weighted by Crippen LogP contribution is 2.29. The van der Waals surface area contributed by atoms with Crippen LogP contribution in [-0.2, 0) is 0 Å². The molecule has 96 valence electrons. The second-order valence-electron chi connectivity index (χ2n) is 5.18. The summed E-state index contributed by atoms with van der Waals surface area (Å²) in [4.78, 5) is 5.57. The predicted octanol–water partition coefficient (Wildman–Crippen LogP) is 3.19. The minimum atomic E-state index is 0.555. The highest BCUT2D eigenvalue weighted by atomic mass is 32.1. The van der Waals surface area contributed by atoms with Crippen LogP contribution in [0.4, 0.5) is 0 Å². The summed E-state index contributed by atoms with van der Waals surface area (Å²) in [6.45, 7) is 11.4. The summed E-state index contributed by atoms with van der Waals surface area (Å²) in [5.41, 5.74) is 0. The van der Waals surface area contributed by atoms with Crippen molar-refractivity contribution in [1.82, 2.24) is 10.2 Å². The molecule has 3 heteroatoms. The maximum atomic E-state index is 3.62. The molecule has 1 aromatic rings. The van der Waals surface area contributed by atoms with Gasteiger partial charge in [0, 0.05) is 41.0 Å². The third-order valence-electron chi connectivity index (χ3n) is 3.86. The van der Waals surface area contributed by atoms with Crippen molar-refractivity contribution in [3.8, 4) is 0 Å². The Hall–Kier alpha value is -0.380. The quantitative estimate of drug-likeness (QED) is 0.889. The van der Waals surface area contributed by atoms with Crippen molar-refractivity contribution < 1.29 is 0 Å². The van der Waals surface area contributed by atoms with Crippen molar-refractivity contribution in [1.29, 1.82) is 0 Å². The third-order valence-corrected chi connectivity index (χ3v) is 5.03. The Morgan fingerprint density at radius 3 is 2.88 bits per heavy atom. The molecule has 2 heterocycles. The summed E-state index contributed by atoms with van der Waals surface area (Å²) < 4.78 is 0. The van der Waals surface area contributed by atoms with Crippen molar-refractivity contribution >= 4 is 11.3 Å². The van der Waals surface area contributed by atoms with Crippen LogP contribution in [0.1, 0.15) is 43.0 Å². The number of aryl methyl sites for hydroxylation is 1. The molecule has 0 radical (unpaired) electrons. The molecular weight excluding hydrogens is 228 g/mol. The first kappa shape index (κ1) is 13.1. The molecule has 1 fully saturated rings. The fourth-order valence-corrected chi connectivity index (χ4v) is 3.56. The van der Waals surface area contributed by atoms with E-state index in [1.165, 1.54) is 22.7 Å². The van der Waals surface area contributed by atoms with Crippen molar-refractivity contribution in [3.05, 3.63) is 21.9 Å². The Balaban J connectivity index is 2.09. The van der Waals surface area contributed by atoms with Gasteiger partial charge in [-0.2, -0.15) is 0 Å². The molecule has 1 aliphatic heterocycles. The fourth-order valence-electron chi connectivity index (χ4n) is 2.61. The molecule has 3 unspecified atom stereocenters. The Bertz CT molecular complexity index is 361. The summed E-state index contributed by atoms with van der Waals surface area (Å²) >= 11 is 1.94. The van der Waals surface area contributed by atoms with Gasteiger partial charge in [0.1, 0.15) is 0 Å². The molecule has 1 N–H and O–H groups in total. The zero-order valence-electron chi connectivity index (χ0n) is 11.4. The lowest BCUT2D eigenvalue weighted by Crippen LogP contribution is -2.55. The minimum Gasteiger partial charge on any atom is -0.311 e. The lowest BCUT2D eigenvalue weighted by molar-refractivity contribution is 0.0991. The Labute approximate surface area is 109 Å². The Morgan fingerprint density at radius 1 is 1.53 bits per heavy atom. The van der Waals surface area contributed by atoms with Crippen LogP contribution in [0.3, 0.4) is 0 Å². The van der Waals surface area contributed by atoms with Gasteiger partial charge < -0.3 is 5.32 Å². The van der Waals surface area contributed by atoms with Gasteiger partial charge in [-0.15, -0.1) is 11.3 Å². The van der Waals surface area contributed by atoms with Crippen LogP contribution in [0.25, 0.3) is 0 Å². The topological polar surface area (TPSA) is 15.3 Å². The zero-order chi connectivity index (χ0) is 12.4. The van der Waals surface area contributed by atoms with Crippen LogP contribution in [0, 0.1) is 6.92 Å². The van der Waals surface area contributed by atoms with Crippen molar-refractivity contribution in [2.75, 3.05) is 13.1 Å². The first-order valence-electron chi connectivity index (χ1n) is 6.67. The average molecular weight is 252 g/mol. The molecule has 3 atom stereocenters. The van der Waals surface area contributed by atoms with E-state index in [0.29, 0.717) is 18.1 Å². The van der Waals surface area contributed by atoms with Crippen LogP contribution in [0.2, 0.25) is 0 Å². The Kier molecular flexibility index (Phi) is 4.23. The lowest BCUT2D eigenvalue weighted by atomic mass is 10.0. The largest absolute Gasteiger partial charge is 0.311 e. The van der Waals surface area contributed by atoms with Crippen molar-refractivity contribution in [2.24, 2.45) is 0 Å². The van der Waals surface area contributed by atoms with Crippen LogP contribution in [0.5, 0.6) is 0 Å².